The van der Waals surface area contributed by atoms with Crippen molar-refractivity contribution in [3.8, 4) is 0 Å². The summed E-state index contributed by atoms with van der Waals surface area (Å²) in [5.41, 5.74) is 3.82. The minimum atomic E-state index is -4.65. The summed E-state index contributed by atoms with van der Waals surface area (Å²) >= 11 is 0. The minimum Gasteiger partial charge on any atom is -0.349 e. The lowest BCUT2D eigenvalue weighted by Crippen LogP contribution is -2.53. The normalized spacial score (nSPS) is 28.4. The summed E-state index contributed by atoms with van der Waals surface area (Å²) < 4.78 is 41.8. The Balaban J connectivity index is 0.00000261. The van der Waals surface area contributed by atoms with Gasteiger partial charge in [0.15, 0.2) is 5.69 Å². The van der Waals surface area contributed by atoms with Gasteiger partial charge < -0.3 is 11.1 Å². The average Bonchev–Trinajstić information content (AvgIpc) is 2.93. The maximum Gasteiger partial charge on any atom is 0.433 e. The van der Waals surface area contributed by atoms with E-state index in [0.717, 1.165) is 43.0 Å². The number of amides is 1. The van der Waals surface area contributed by atoms with Gasteiger partial charge in [-0.2, -0.15) is 18.3 Å². The van der Waals surface area contributed by atoms with Gasteiger partial charge in [-0.05, 0) is 58.3 Å². The number of halogens is 4. The number of fused-ring (bicyclic) bond motifs is 2. The number of nitrogens with one attached hydrogen (secondary N) is 1. The zero-order chi connectivity index (χ0) is 19.3. The van der Waals surface area contributed by atoms with Crippen molar-refractivity contribution >= 4 is 18.3 Å². The van der Waals surface area contributed by atoms with E-state index in [0.29, 0.717) is 0 Å². The summed E-state index contributed by atoms with van der Waals surface area (Å²) in [4.78, 5) is 12.7. The number of rotatable bonds is 2. The molecule has 1 aromatic heterocycles. The SMILES string of the molecule is CC(C)(C)n1ncc(C(=O)NC2C3CCCC2CC(N)C3)c1C(F)(F)F.Cl. The standard InChI is InChI=1S/C18H27F3N4O.ClH/c1-17(2,3)25-15(18(19,20)21)13(9-23-25)16(26)24-14-10-5-4-6-11(14)8-12(22)7-10;/h9-12,14H,4-8,22H2,1-3H3,(H,24,26);1H. The van der Waals surface area contributed by atoms with Crippen molar-refractivity contribution in [1.29, 1.82) is 0 Å². The van der Waals surface area contributed by atoms with Crippen molar-refractivity contribution in [3.63, 3.8) is 0 Å². The summed E-state index contributed by atoms with van der Waals surface area (Å²) in [6.07, 6.45) is 1.02. The van der Waals surface area contributed by atoms with Gasteiger partial charge in [-0.1, -0.05) is 6.42 Å². The summed E-state index contributed by atoms with van der Waals surface area (Å²) in [6, 6.07) is 0.0166. The van der Waals surface area contributed by atoms with Crippen LogP contribution in [0.25, 0.3) is 0 Å². The molecule has 2 unspecified atom stereocenters. The van der Waals surface area contributed by atoms with Crippen molar-refractivity contribution in [2.75, 3.05) is 0 Å². The number of hydrogen-bond donors (Lipinski definition) is 2. The van der Waals surface area contributed by atoms with Gasteiger partial charge in [-0.25, -0.2) is 0 Å². The van der Waals surface area contributed by atoms with E-state index in [-0.39, 0.29) is 36.3 Å². The first-order valence-corrected chi connectivity index (χ1v) is 9.20. The molecule has 5 nitrogen and oxygen atoms in total. The van der Waals surface area contributed by atoms with Crippen LogP contribution in [0, 0.1) is 11.8 Å². The Morgan fingerprint density at radius 3 is 2.26 bits per heavy atom. The number of hydrogen-bond acceptors (Lipinski definition) is 3. The Morgan fingerprint density at radius 2 is 1.78 bits per heavy atom. The smallest absolute Gasteiger partial charge is 0.349 e. The highest BCUT2D eigenvalue weighted by Crippen LogP contribution is 2.40. The van der Waals surface area contributed by atoms with Crippen molar-refractivity contribution in [3.05, 3.63) is 17.5 Å². The first-order valence-electron chi connectivity index (χ1n) is 9.20. The van der Waals surface area contributed by atoms with E-state index in [9.17, 15) is 18.0 Å². The van der Waals surface area contributed by atoms with Crippen LogP contribution in [0.1, 0.15) is 68.9 Å². The Kier molecular flexibility index (Phi) is 6.21. The predicted octanol–water partition coefficient (Wildman–Crippen LogP) is 3.71. The molecule has 0 radical (unpaired) electrons. The molecule has 2 aliphatic rings. The van der Waals surface area contributed by atoms with Crippen LogP contribution in [0.4, 0.5) is 13.2 Å². The summed E-state index contributed by atoms with van der Waals surface area (Å²) in [5.74, 6) is -0.202. The molecule has 1 amide bonds. The van der Waals surface area contributed by atoms with E-state index < -0.39 is 28.9 Å². The van der Waals surface area contributed by atoms with Gasteiger partial charge in [-0.3, -0.25) is 9.48 Å². The molecule has 3 N–H and O–H groups in total. The molecular weight excluding hydrogens is 381 g/mol. The molecule has 2 bridgehead atoms. The van der Waals surface area contributed by atoms with E-state index >= 15 is 0 Å². The second-order valence-corrected chi connectivity index (χ2v) is 8.67. The average molecular weight is 409 g/mol. The lowest BCUT2D eigenvalue weighted by Gasteiger charge is -2.45. The number of carbonyl (C=O) groups is 1. The highest BCUT2D eigenvalue weighted by atomic mass is 35.5. The molecule has 0 aromatic carbocycles. The molecule has 2 saturated carbocycles. The fraction of sp³-hybridized carbons (Fsp3) is 0.778. The molecule has 0 aliphatic heterocycles. The van der Waals surface area contributed by atoms with Gasteiger partial charge in [0, 0.05) is 12.1 Å². The molecule has 2 atom stereocenters. The third kappa shape index (κ3) is 4.42. The molecule has 27 heavy (non-hydrogen) atoms. The third-order valence-electron chi connectivity index (χ3n) is 5.59. The maximum atomic E-state index is 13.6. The Bertz CT molecular complexity index is 669. The molecule has 1 aromatic rings. The van der Waals surface area contributed by atoms with Gasteiger partial charge in [0.25, 0.3) is 5.91 Å². The van der Waals surface area contributed by atoms with Crippen LogP contribution < -0.4 is 11.1 Å². The molecular formula is C18H28ClF3N4O. The van der Waals surface area contributed by atoms with E-state index in [2.05, 4.69) is 10.4 Å². The molecule has 2 fully saturated rings. The van der Waals surface area contributed by atoms with E-state index in [1.807, 2.05) is 0 Å². The summed E-state index contributed by atoms with van der Waals surface area (Å²) in [5, 5.41) is 6.76. The Hall–Kier alpha value is -1.28. The highest BCUT2D eigenvalue weighted by molar-refractivity contribution is 5.95. The number of nitrogens with two attached hydrogens (primary N) is 1. The van der Waals surface area contributed by atoms with Crippen molar-refractivity contribution in [1.82, 2.24) is 15.1 Å². The largest absolute Gasteiger partial charge is 0.433 e. The number of carbonyl (C=O) groups excluding carboxylic acids is 1. The van der Waals surface area contributed by atoms with Gasteiger partial charge in [0.05, 0.1) is 17.3 Å². The quantitative estimate of drug-likeness (QED) is 0.783. The van der Waals surface area contributed by atoms with Crippen LogP contribution in [-0.2, 0) is 11.7 Å². The fourth-order valence-corrected chi connectivity index (χ4v) is 4.55. The van der Waals surface area contributed by atoms with Crippen molar-refractivity contribution in [2.24, 2.45) is 17.6 Å². The lowest BCUT2D eigenvalue weighted by atomic mass is 9.67. The topological polar surface area (TPSA) is 72.9 Å². The monoisotopic (exact) mass is 408 g/mol. The Labute approximate surface area is 163 Å². The van der Waals surface area contributed by atoms with Crippen molar-refractivity contribution in [2.45, 2.75) is 76.7 Å². The second-order valence-electron chi connectivity index (χ2n) is 8.67. The van der Waals surface area contributed by atoms with Crippen LogP contribution in [0.2, 0.25) is 0 Å². The lowest BCUT2D eigenvalue weighted by molar-refractivity contribution is -0.146. The van der Waals surface area contributed by atoms with Crippen LogP contribution in [0.15, 0.2) is 6.20 Å². The molecule has 2 aliphatic carbocycles. The Morgan fingerprint density at radius 1 is 1.22 bits per heavy atom. The maximum absolute atomic E-state index is 13.6. The summed E-state index contributed by atoms with van der Waals surface area (Å²) in [6.45, 7) is 4.89. The molecule has 3 rings (SSSR count). The molecule has 154 valence electrons. The first kappa shape index (κ1) is 22.0. The van der Waals surface area contributed by atoms with E-state index in [4.69, 9.17) is 5.73 Å². The highest BCUT2D eigenvalue weighted by Gasteiger charge is 2.44. The zero-order valence-corrected chi connectivity index (χ0v) is 16.7. The molecule has 9 heteroatoms. The first-order chi connectivity index (χ1) is 12.0. The number of alkyl halides is 3. The van der Waals surface area contributed by atoms with Gasteiger partial charge >= 0.3 is 6.18 Å². The third-order valence-corrected chi connectivity index (χ3v) is 5.59. The number of aromatic nitrogens is 2. The predicted molar refractivity (Wildman–Crippen MR) is 98.8 cm³/mol. The van der Waals surface area contributed by atoms with Gasteiger partial charge in [0.1, 0.15) is 0 Å². The zero-order valence-electron chi connectivity index (χ0n) is 15.8. The minimum absolute atomic E-state index is 0. The fourth-order valence-electron chi connectivity index (χ4n) is 4.55. The molecule has 0 saturated heterocycles. The second kappa shape index (κ2) is 7.62. The molecule has 1 heterocycles. The van der Waals surface area contributed by atoms with Crippen LogP contribution in [0.3, 0.4) is 0 Å². The van der Waals surface area contributed by atoms with Crippen molar-refractivity contribution < 1.29 is 18.0 Å². The van der Waals surface area contributed by atoms with Crippen LogP contribution in [0.5, 0.6) is 0 Å². The van der Waals surface area contributed by atoms with Crippen LogP contribution >= 0.6 is 12.4 Å². The number of nitrogens with zero attached hydrogens (tertiary/aromatic N) is 2. The van der Waals surface area contributed by atoms with Gasteiger partial charge in [0.2, 0.25) is 0 Å². The van der Waals surface area contributed by atoms with Crippen LogP contribution in [-0.4, -0.2) is 27.8 Å². The van der Waals surface area contributed by atoms with E-state index in [1.54, 1.807) is 20.8 Å². The summed E-state index contributed by atoms with van der Waals surface area (Å²) in [7, 11) is 0. The van der Waals surface area contributed by atoms with Gasteiger partial charge in [-0.15, -0.1) is 12.4 Å². The molecule has 0 spiro atoms. The van der Waals surface area contributed by atoms with E-state index in [1.165, 1.54) is 0 Å².